The molecular formula is C19H18ClN3O2S. The fraction of sp³-hybridized carbons (Fsp3) is 0.158. The fourth-order valence-corrected chi connectivity index (χ4v) is 3.36. The summed E-state index contributed by atoms with van der Waals surface area (Å²) in [7, 11) is 3.93. The molecule has 0 radical (unpaired) electrons. The van der Waals surface area contributed by atoms with Crippen molar-refractivity contribution in [2.24, 2.45) is 0 Å². The summed E-state index contributed by atoms with van der Waals surface area (Å²) >= 11 is 6.80. The minimum atomic E-state index is -0.293. The maximum atomic E-state index is 12.5. The van der Waals surface area contributed by atoms with E-state index in [2.05, 4.69) is 5.32 Å². The number of rotatable bonds is 5. The lowest BCUT2D eigenvalue weighted by Gasteiger charge is -2.14. The van der Waals surface area contributed by atoms with Gasteiger partial charge in [0.2, 0.25) is 0 Å². The average Bonchev–Trinajstić information content (AvgIpc) is 2.88. The molecule has 1 aliphatic rings. The summed E-state index contributed by atoms with van der Waals surface area (Å²) in [5.74, 6) is -0.293. The highest BCUT2D eigenvalue weighted by Gasteiger charge is 2.34. The molecule has 0 saturated carbocycles. The van der Waals surface area contributed by atoms with Gasteiger partial charge in [0.1, 0.15) is 0 Å². The van der Waals surface area contributed by atoms with Crippen LogP contribution in [0.2, 0.25) is 5.02 Å². The van der Waals surface area contributed by atoms with E-state index in [9.17, 15) is 9.59 Å². The number of nitrogens with zero attached hydrogens (tertiary/aromatic N) is 2. The van der Waals surface area contributed by atoms with Crippen molar-refractivity contribution < 1.29 is 9.59 Å². The third-order valence-corrected chi connectivity index (χ3v) is 5.03. The van der Waals surface area contributed by atoms with Gasteiger partial charge in [-0.1, -0.05) is 23.7 Å². The van der Waals surface area contributed by atoms with Crippen molar-refractivity contribution in [1.29, 1.82) is 0 Å². The number of benzene rings is 2. The van der Waals surface area contributed by atoms with Crippen molar-refractivity contribution in [2.45, 2.75) is 0 Å². The number of carbonyl (C=O) groups is 2. The van der Waals surface area contributed by atoms with E-state index >= 15 is 0 Å². The number of thioether (sulfide) groups is 1. The Morgan fingerprint density at radius 3 is 2.35 bits per heavy atom. The van der Waals surface area contributed by atoms with Gasteiger partial charge in [-0.15, -0.1) is 0 Å². The summed E-state index contributed by atoms with van der Waals surface area (Å²) in [5.41, 5.74) is 2.74. The largest absolute Gasteiger partial charge is 0.378 e. The van der Waals surface area contributed by atoms with Crippen molar-refractivity contribution in [3.8, 4) is 0 Å². The second kappa shape index (κ2) is 7.85. The quantitative estimate of drug-likeness (QED) is 0.765. The Hall–Kier alpha value is -2.44. The lowest BCUT2D eigenvalue weighted by molar-refractivity contribution is -0.122. The first-order valence-corrected chi connectivity index (χ1v) is 9.16. The maximum Gasteiger partial charge on any atom is 0.295 e. The van der Waals surface area contributed by atoms with Crippen molar-refractivity contribution in [1.82, 2.24) is 4.90 Å². The van der Waals surface area contributed by atoms with Gasteiger partial charge in [-0.25, -0.2) is 0 Å². The second-order valence-corrected chi connectivity index (χ2v) is 7.37. The van der Waals surface area contributed by atoms with Gasteiger partial charge in [0.25, 0.3) is 11.1 Å². The number of hydrogen-bond acceptors (Lipinski definition) is 5. The molecule has 1 heterocycles. The van der Waals surface area contributed by atoms with Crippen LogP contribution in [-0.4, -0.2) is 36.8 Å². The summed E-state index contributed by atoms with van der Waals surface area (Å²) in [6.07, 6.45) is 1.74. The molecule has 0 aromatic heterocycles. The smallest absolute Gasteiger partial charge is 0.295 e. The minimum absolute atomic E-state index is 0.114. The van der Waals surface area contributed by atoms with E-state index in [0.29, 0.717) is 9.93 Å². The minimum Gasteiger partial charge on any atom is -0.378 e. The predicted octanol–water partition coefficient (Wildman–Crippen LogP) is 4.51. The standard InChI is InChI=1S/C19H18ClN3O2S/c1-22(2)16-9-3-13(4-10-16)11-17-18(24)23(19(25)26-17)12-21-15-7-5-14(20)6-8-15/h3-11,21H,12H2,1-2H3/b17-11-. The lowest BCUT2D eigenvalue weighted by Crippen LogP contribution is -2.33. The third kappa shape index (κ3) is 4.20. The van der Waals surface area contributed by atoms with Gasteiger partial charge in [0, 0.05) is 30.5 Å². The molecule has 3 rings (SSSR count). The number of hydrogen-bond donors (Lipinski definition) is 1. The van der Waals surface area contributed by atoms with Crippen LogP contribution in [0.4, 0.5) is 16.2 Å². The van der Waals surface area contributed by atoms with E-state index in [4.69, 9.17) is 11.6 Å². The molecule has 7 heteroatoms. The van der Waals surface area contributed by atoms with Gasteiger partial charge >= 0.3 is 0 Å². The number of amides is 2. The van der Waals surface area contributed by atoms with Crippen LogP contribution in [0.3, 0.4) is 0 Å². The van der Waals surface area contributed by atoms with Gasteiger partial charge in [0.05, 0.1) is 11.6 Å². The summed E-state index contributed by atoms with van der Waals surface area (Å²) in [4.78, 5) is 28.3. The third-order valence-electron chi connectivity index (χ3n) is 3.87. The molecule has 0 bridgehead atoms. The predicted molar refractivity (Wildman–Crippen MR) is 109 cm³/mol. The highest BCUT2D eigenvalue weighted by atomic mass is 35.5. The molecule has 1 N–H and O–H groups in total. The highest BCUT2D eigenvalue weighted by Crippen LogP contribution is 2.32. The van der Waals surface area contributed by atoms with Crippen LogP contribution in [0.25, 0.3) is 6.08 Å². The first kappa shape index (κ1) is 18.4. The molecule has 2 aromatic carbocycles. The summed E-state index contributed by atoms with van der Waals surface area (Å²) in [6, 6.07) is 14.9. The molecule has 0 atom stereocenters. The van der Waals surface area contributed by atoms with Crippen LogP contribution < -0.4 is 10.2 Å². The fourth-order valence-electron chi connectivity index (χ4n) is 2.39. The van der Waals surface area contributed by atoms with Crippen LogP contribution in [0, 0.1) is 0 Å². The summed E-state index contributed by atoms with van der Waals surface area (Å²) in [5, 5.41) is 3.40. The van der Waals surface area contributed by atoms with Crippen LogP contribution in [0.15, 0.2) is 53.4 Å². The molecule has 2 aromatic rings. The van der Waals surface area contributed by atoms with Crippen LogP contribution in [0.1, 0.15) is 5.56 Å². The SMILES string of the molecule is CN(C)c1ccc(/C=C2\SC(=O)N(CNc3ccc(Cl)cc3)C2=O)cc1. The van der Waals surface area contributed by atoms with Crippen LogP contribution in [-0.2, 0) is 4.79 Å². The highest BCUT2D eigenvalue weighted by molar-refractivity contribution is 8.18. The number of imide groups is 1. The Kier molecular flexibility index (Phi) is 5.54. The zero-order chi connectivity index (χ0) is 18.7. The van der Waals surface area contributed by atoms with E-state index in [1.807, 2.05) is 43.3 Å². The van der Waals surface area contributed by atoms with Gasteiger partial charge < -0.3 is 10.2 Å². The lowest BCUT2D eigenvalue weighted by atomic mass is 10.2. The van der Waals surface area contributed by atoms with E-state index in [1.54, 1.807) is 30.3 Å². The van der Waals surface area contributed by atoms with Crippen molar-refractivity contribution >= 4 is 52.0 Å². The normalized spacial score (nSPS) is 15.7. The Morgan fingerprint density at radius 1 is 1.08 bits per heavy atom. The summed E-state index contributed by atoms with van der Waals surface area (Å²) < 4.78 is 0. The first-order chi connectivity index (χ1) is 12.4. The molecular weight excluding hydrogens is 370 g/mol. The Bertz CT molecular complexity index is 848. The topological polar surface area (TPSA) is 52.7 Å². The van der Waals surface area contributed by atoms with Gasteiger partial charge in [-0.05, 0) is 59.8 Å². The molecule has 1 aliphatic heterocycles. The molecule has 0 aliphatic carbocycles. The number of nitrogens with one attached hydrogen (secondary N) is 1. The molecule has 1 fully saturated rings. The van der Waals surface area contributed by atoms with Crippen molar-refractivity contribution in [3.05, 3.63) is 64.0 Å². The van der Waals surface area contributed by atoms with Gasteiger partial charge in [-0.2, -0.15) is 0 Å². The number of halogens is 1. The molecule has 5 nitrogen and oxygen atoms in total. The van der Waals surface area contributed by atoms with E-state index < -0.39 is 0 Å². The summed E-state index contributed by atoms with van der Waals surface area (Å²) in [6.45, 7) is 0.114. The second-order valence-electron chi connectivity index (χ2n) is 5.94. The van der Waals surface area contributed by atoms with E-state index in [1.165, 1.54) is 4.90 Å². The Labute approximate surface area is 161 Å². The van der Waals surface area contributed by atoms with Crippen LogP contribution >= 0.6 is 23.4 Å². The van der Waals surface area contributed by atoms with E-state index in [0.717, 1.165) is 28.7 Å². The first-order valence-electron chi connectivity index (χ1n) is 7.96. The molecule has 134 valence electrons. The van der Waals surface area contributed by atoms with Crippen LogP contribution in [0.5, 0.6) is 0 Å². The van der Waals surface area contributed by atoms with Gasteiger partial charge in [0.15, 0.2) is 0 Å². The van der Waals surface area contributed by atoms with Crippen molar-refractivity contribution in [2.75, 3.05) is 31.0 Å². The monoisotopic (exact) mass is 387 g/mol. The van der Waals surface area contributed by atoms with Gasteiger partial charge in [-0.3, -0.25) is 14.5 Å². The Balaban J connectivity index is 1.68. The molecule has 2 amide bonds. The Morgan fingerprint density at radius 2 is 1.73 bits per heavy atom. The van der Waals surface area contributed by atoms with Crippen molar-refractivity contribution in [3.63, 3.8) is 0 Å². The molecule has 0 spiro atoms. The molecule has 1 saturated heterocycles. The zero-order valence-corrected chi connectivity index (χ0v) is 16.0. The maximum absolute atomic E-state index is 12.5. The molecule has 26 heavy (non-hydrogen) atoms. The average molecular weight is 388 g/mol. The number of carbonyl (C=O) groups excluding carboxylic acids is 2. The number of anilines is 2. The van der Waals surface area contributed by atoms with E-state index in [-0.39, 0.29) is 17.8 Å². The zero-order valence-electron chi connectivity index (χ0n) is 14.4. The molecule has 0 unspecified atom stereocenters.